The largest absolute Gasteiger partial charge is 0.544 e. The van der Waals surface area contributed by atoms with E-state index in [2.05, 4.69) is 17.3 Å². The van der Waals surface area contributed by atoms with E-state index in [4.69, 9.17) is 9.57 Å². The van der Waals surface area contributed by atoms with Crippen molar-refractivity contribution in [3.8, 4) is 22.6 Å². The van der Waals surface area contributed by atoms with E-state index in [0.717, 1.165) is 39.7 Å². The third-order valence-corrected chi connectivity index (χ3v) is 4.10. The fraction of sp³-hybridized carbons (Fsp3) is 0. The molecule has 0 bridgehead atoms. The quantitative estimate of drug-likeness (QED) is 0.480. The number of anilines is 1. The summed E-state index contributed by atoms with van der Waals surface area (Å²) < 4.78 is 5.97. The molecule has 0 fully saturated rings. The van der Waals surface area contributed by atoms with Crippen LogP contribution in [-0.4, -0.2) is 5.84 Å². The zero-order valence-electron chi connectivity index (χ0n) is 13.0. The summed E-state index contributed by atoms with van der Waals surface area (Å²) in [6, 6.07) is 24.9. The van der Waals surface area contributed by atoms with Crippen LogP contribution in [0, 0.1) is 12.8 Å². The summed E-state index contributed by atoms with van der Waals surface area (Å²) >= 11 is 0. The minimum atomic E-state index is 0. The van der Waals surface area contributed by atoms with Crippen molar-refractivity contribution >= 4 is 11.5 Å². The molecule has 25 heavy (non-hydrogen) atoms. The number of fused-ring (bicyclic) bond motifs is 6. The molecule has 5 heteroatoms. The molecule has 0 saturated heterocycles. The van der Waals surface area contributed by atoms with Crippen LogP contribution < -0.4 is 9.64 Å². The number of amidine groups is 1. The molecule has 0 aromatic heterocycles. The molecule has 2 aliphatic rings. The normalized spacial score (nSPS) is 13.6. The summed E-state index contributed by atoms with van der Waals surface area (Å²) in [6.07, 6.45) is 0. The molecule has 0 N–H and O–H groups in total. The van der Waals surface area contributed by atoms with Gasteiger partial charge in [0.2, 0.25) is 0 Å². The van der Waals surface area contributed by atoms with Crippen LogP contribution in [0.1, 0.15) is 5.56 Å². The van der Waals surface area contributed by atoms with E-state index < -0.39 is 0 Å². The van der Waals surface area contributed by atoms with Crippen LogP contribution in [0.15, 0.2) is 71.9 Å². The van der Waals surface area contributed by atoms with Crippen molar-refractivity contribution in [3.63, 3.8) is 0 Å². The summed E-state index contributed by atoms with van der Waals surface area (Å²) in [4.78, 5) is 7.08. The number of para-hydroxylation sites is 2. The van der Waals surface area contributed by atoms with Gasteiger partial charge in [-0.15, -0.1) is 10.7 Å². The fourth-order valence-corrected chi connectivity index (χ4v) is 3.03. The Balaban J connectivity index is 0.00000157. The molecule has 2 aliphatic heterocycles. The Morgan fingerprint density at radius 3 is 2.68 bits per heavy atom. The second kappa shape index (κ2) is 6.35. The first-order valence-electron chi connectivity index (χ1n) is 7.65. The molecule has 0 saturated carbocycles. The van der Waals surface area contributed by atoms with Crippen LogP contribution in [0.25, 0.3) is 11.1 Å². The standard InChI is InChI=1S/C20H12N2O2.Ir/c1-2-6-14(7-3-1)24-15-10-11-17-18(12-15)16-8-4-5-9-19(16)22-13-23-21-20(17)22;/h1-8,10-13H;/q-2;. The van der Waals surface area contributed by atoms with Crippen molar-refractivity contribution in [1.29, 1.82) is 0 Å². The van der Waals surface area contributed by atoms with E-state index in [0.29, 0.717) is 0 Å². The molecule has 0 spiro atoms. The van der Waals surface area contributed by atoms with Gasteiger partial charge in [0.25, 0.3) is 0 Å². The van der Waals surface area contributed by atoms with Crippen LogP contribution in [0.2, 0.25) is 0 Å². The van der Waals surface area contributed by atoms with Gasteiger partial charge in [0.05, 0.1) is 0 Å². The van der Waals surface area contributed by atoms with Crippen LogP contribution in [0.5, 0.6) is 11.5 Å². The zero-order chi connectivity index (χ0) is 15.9. The number of oxime groups is 1. The molecule has 0 amide bonds. The Labute approximate surface area is 159 Å². The summed E-state index contributed by atoms with van der Waals surface area (Å²) in [6.45, 7) is 1.60. The number of benzene rings is 3. The van der Waals surface area contributed by atoms with E-state index in [1.54, 1.807) is 6.73 Å². The Bertz CT molecular complexity index is 957. The Hall–Kier alpha value is -2.62. The number of hydrogen-bond acceptors (Lipinski definition) is 4. The minimum absolute atomic E-state index is 0. The SMILES string of the molecule is [Ir].[c-]1cccc2c1N1[CH-]ON=C1c1ccc(Oc3ccccc3)cc1-2. The average Bonchev–Trinajstić information content (AvgIpc) is 3.13. The van der Waals surface area contributed by atoms with E-state index in [9.17, 15) is 0 Å². The predicted octanol–water partition coefficient (Wildman–Crippen LogP) is 4.57. The summed E-state index contributed by atoms with van der Waals surface area (Å²) in [7, 11) is 0. The van der Waals surface area contributed by atoms with E-state index in [1.807, 2.05) is 65.6 Å². The van der Waals surface area contributed by atoms with Crippen LogP contribution >= 0.6 is 0 Å². The van der Waals surface area contributed by atoms with Gasteiger partial charge in [0, 0.05) is 25.7 Å². The van der Waals surface area contributed by atoms with Gasteiger partial charge in [-0.2, -0.15) is 24.3 Å². The number of hydrogen-bond donors (Lipinski definition) is 0. The first-order chi connectivity index (χ1) is 11.9. The molecule has 4 nitrogen and oxygen atoms in total. The van der Waals surface area contributed by atoms with Crippen molar-refractivity contribution < 1.29 is 29.7 Å². The van der Waals surface area contributed by atoms with Crippen molar-refractivity contribution in [2.45, 2.75) is 0 Å². The topological polar surface area (TPSA) is 34.1 Å². The first-order valence-corrected chi connectivity index (χ1v) is 7.65. The molecule has 0 atom stereocenters. The second-order valence-corrected chi connectivity index (χ2v) is 5.55. The van der Waals surface area contributed by atoms with Gasteiger partial charge in [-0.25, -0.2) is 0 Å². The third kappa shape index (κ3) is 2.62. The molecule has 0 unspecified atom stereocenters. The van der Waals surface area contributed by atoms with Gasteiger partial charge in [-0.05, 0) is 37.1 Å². The summed E-state index contributed by atoms with van der Waals surface area (Å²) in [5, 5.41) is 4.14. The monoisotopic (exact) mass is 505 g/mol. The summed E-state index contributed by atoms with van der Waals surface area (Å²) in [5.74, 6) is 2.36. The molecule has 2 heterocycles. The van der Waals surface area contributed by atoms with Crippen LogP contribution in [0.3, 0.4) is 0 Å². The number of ether oxygens (including phenoxy) is 1. The van der Waals surface area contributed by atoms with E-state index >= 15 is 0 Å². The predicted molar refractivity (Wildman–Crippen MR) is 91.6 cm³/mol. The van der Waals surface area contributed by atoms with Crippen molar-refractivity contribution in [2.75, 3.05) is 4.90 Å². The maximum atomic E-state index is 5.97. The van der Waals surface area contributed by atoms with Crippen molar-refractivity contribution in [1.82, 2.24) is 0 Å². The van der Waals surface area contributed by atoms with Gasteiger partial charge in [0.1, 0.15) is 17.3 Å². The Morgan fingerprint density at radius 1 is 0.920 bits per heavy atom. The van der Waals surface area contributed by atoms with Gasteiger partial charge in [-0.1, -0.05) is 29.4 Å². The minimum Gasteiger partial charge on any atom is -0.544 e. The van der Waals surface area contributed by atoms with E-state index in [-0.39, 0.29) is 20.1 Å². The van der Waals surface area contributed by atoms with Crippen LogP contribution in [-0.2, 0) is 24.9 Å². The zero-order valence-corrected chi connectivity index (χ0v) is 15.4. The molecule has 3 aromatic carbocycles. The molecule has 5 rings (SSSR count). The van der Waals surface area contributed by atoms with Crippen molar-refractivity contribution in [3.05, 3.63) is 85.1 Å². The van der Waals surface area contributed by atoms with Crippen LogP contribution in [0.4, 0.5) is 5.69 Å². The molecule has 125 valence electrons. The first kappa shape index (κ1) is 15.9. The van der Waals surface area contributed by atoms with Crippen molar-refractivity contribution in [2.24, 2.45) is 5.16 Å². The fourth-order valence-electron chi connectivity index (χ4n) is 3.03. The number of nitrogens with zero attached hydrogens (tertiary/aromatic N) is 2. The number of rotatable bonds is 2. The molecular weight excluding hydrogens is 492 g/mol. The second-order valence-electron chi connectivity index (χ2n) is 5.55. The third-order valence-electron chi connectivity index (χ3n) is 4.10. The van der Waals surface area contributed by atoms with E-state index in [1.165, 1.54) is 0 Å². The van der Waals surface area contributed by atoms with Gasteiger partial charge in [-0.3, -0.25) is 0 Å². The summed E-state index contributed by atoms with van der Waals surface area (Å²) in [5.41, 5.74) is 4.07. The van der Waals surface area contributed by atoms with Gasteiger partial charge < -0.3 is 14.5 Å². The Morgan fingerprint density at radius 2 is 1.80 bits per heavy atom. The Kier molecular flexibility index (Phi) is 4.04. The average molecular weight is 505 g/mol. The maximum absolute atomic E-state index is 5.97. The molecule has 1 radical (unpaired) electrons. The van der Waals surface area contributed by atoms with Gasteiger partial charge in [0.15, 0.2) is 0 Å². The molecular formula is C20H12IrN2O2-2. The molecule has 3 aromatic rings. The smallest absolute Gasteiger partial charge is 0.148 e. The van der Waals surface area contributed by atoms with Gasteiger partial charge >= 0.3 is 0 Å². The molecule has 0 aliphatic carbocycles. The maximum Gasteiger partial charge on any atom is 0.148 e.